The van der Waals surface area contributed by atoms with Crippen molar-refractivity contribution >= 4 is 11.8 Å². The van der Waals surface area contributed by atoms with Crippen molar-refractivity contribution < 1.29 is 0 Å². The lowest BCUT2D eigenvalue weighted by Crippen LogP contribution is -2.47. The summed E-state index contributed by atoms with van der Waals surface area (Å²) in [4.78, 5) is 2.65. The van der Waals surface area contributed by atoms with Crippen molar-refractivity contribution in [3.8, 4) is 0 Å². The Kier molecular flexibility index (Phi) is 6.16. The predicted octanol–water partition coefficient (Wildman–Crippen LogP) is 2.45. The molecule has 0 amide bonds. The second kappa shape index (κ2) is 6.87. The topological polar surface area (TPSA) is 15.3 Å². The Morgan fingerprint density at radius 2 is 2.06 bits per heavy atom. The Morgan fingerprint density at radius 1 is 1.31 bits per heavy atom. The normalized spacial score (nSPS) is 21.8. The zero-order valence-corrected chi connectivity index (χ0v) is 12.2. The number of rotatable bonds is 5. The van der Waals surface area contributed by atoms with Crippen molar-refractivity contribution in [1.82, 2.24) is 10.2 Å². The van der Waals surface area contributed by atoms with Gasteiger partial charge in [0.2, 0.25) is 0 Å². The van der Waals surface area contributed by atoms with E-state index >= 15 is 0 Å². The maximum atomic E-state index is 3.56. The third kappa shape index (κ3) is 4.64. The lowest BCUT2D eigenvalue weighted by atomic mass is 9.84. The zero-order valence-electron chi connectivity index (χ0n) is 11.4. The Hall–Kier alpha value is 0.270. The average molecular weight is 244 g/mol. The predicted molar refractivity (Wildman–Crippen MR) is 75.3 cm³/mol. The molecule has 16 heavy (non-hydrogen) atoms. The van der Waals surface area contributed by atoms with Crippen molar-refractivity contribution in [3.05, 3.63) is 0 Å². The van der Waals surface area contributed by atoms with Gasteiger partial charge in [0.05, 0.1) is 0 Å². The van der Waals surface area contributed by atoms with Crippen LogP contribution in [0.1, 0.15) is 34.1 Å². The van der Waals surface area contributed by atoms with Gasteiger partial charge >= 0.3 is 0 Å². The minimum atomic E-state index is 0.366. The largest absolute Gasteiger partial charge is 0.314 e. The van der Waals surface area contributed by atoms with E-state index < -0.39 is 0 Å². The molecule has 0 bridgehead atoms. The molecule has 1 rings (SSSR count). The number of hydrogen-bond acceptors (Lipinski definition) is 3. The van der Waals surface area contributed by atoms with E-state index in [1.807, 2.05) is 0 Å². The molecule has 0 saturated carbocycles. The summed E-state index contributed by atoms with van der Waals surface area (Å²) in [6.45, 7) is 14.1. The molecular weight excluding hydrogens is 216 g/mol. The van der Waals surface area contributed by atoms with Crippen LogP contribution in [-0.4, -0.2) is 48.6 Å². The van der Waals surface area contributed by atoms with E-state index in [1.54, 1.807) is 0 Å². The summed E-state index contributed by atoms with van der Waals surface area (Å²) in [5.74, 6) is 2.66. The van der Waals surface area contributed by atoms with E-state index in [1.165, 1.54) is 37.6 Å². The van der Waals surface area contributed by atoms with Crippen molar-refractivity contribution in [1.29, 1.82) is 0 Å². The van der Waals surface area contributed by atoms with E-state index in [0.29, 0.717) is 11.5 Å². The second-order valence-corrected chi connectivity index (χ2v) is 6.73. The Bertz CT molecular complexity index is 186. The molecule has 96 valence electrons. The van der Waals surface area contributed by atoms with Crippen LogP contribution in [-0.2, 0) is 0 Å². The highest BCUT2D eigenvalue weighted by molar-refractivity contribution is 7.99. The smallest absolute Gasteiger partial charge is 0.0102 e. The zero-order chi connectivity index (χ0) is 12.0. The monoisotopic (exact) mass is 244 g/mol. The summed E-state index contributed by atoms with van der Waals surface area (Å²) in [6.07, 6.45) is 1.36. The van der Waals surface area contributed by atoms with Crippen LogP contribution in [0.2, 0.25) is 0 Å². The molecule has 0 aromatic carbocycles. The molecule has 1 heterocycles. The summed E-state index contributed by atoms with van der Waals surface area (Å²) in [6, 6.07) is 0.591. The molecular formula is C13H28N2S. The Balaban J connectivity index is 2.42. The lowest BCUT2D eigenvalue weighted by molar-refractivity contribution is 0.151. The fraction of sp³-hybridized carbons (Fsp3) is 1.00. The van der Waals surface area contributed by atoms with E-state index in [4.69, 9.17) is 0 Å². The van der Waals surface area contributed by atoms with E-state index in [-0.39, 0.29) is 0 Å². The lowest BCUT2D eigenvalue weighted by Gasteiger charge is -2.37. The molecule has 0 aliphatic carbocycles. The molecule has 1 saturated heterocycles. The van der Waals surface area contributed by atoms with Crippen molar-refractivity contribution in [2.75, 3.05) is 37.7 Å². The van der Waals surface area contributed by atoms with Gasteiger partial charge in [-0.3, -0.25) is 0 Å². The van der Waals surface area contributed by atoms with Crippen LogP contribution in [0.15, 0.2) is 0 Å². The van der Waals surface area contributed by atoms with Gasteiger partial charge in [0.15, 0.2) is 0 Å². The summed E-state index contributed by atoms with van der Waals surface area (Å²) in [7, 11) is 0. The molecule has 0 aromatic rings. The van der Waals surface area contributed by atoms with Gasteiger partial charge in [-0.25, -0.2) is 0 Å². The van der Waals surface area contributed by atoms with Gasteiger partial charge < -0.3 is 10.2 Å². The molecule has 1 aliphatic rings. The average Bonchev–Trinajstić information content (AvgIpc) is 2.46. The first-order valence-corrected chi connectivity index (χ1v) is 7.75. The maximum absolute atomic E-state index is 3.56. The molecule has 0 spiro atoms. The van der Waals surface area contributed by atoms with Gasteiger partial charge in [0.25, 0.3) is 0 Å². The van der Waals surface area contributed by atoms with Crippen LogP contribution in [0, 0.1) is 5.41 Å². The van der Waals surface area contributed by atoms with E-state index in [0.717, 1.165) is 6.54 Å². The first kappa shape index (κ1) is 14.3. The number of nitrogens with zero attached hydrogens (tertiary/aromatic N) is 1. The van der Waals surface area contributed by atoms with Crippen LogP contribution < -0.4 is 5.32 Å². The Morgan fingerprint density at radius 3 is 2.75 bits per heavy atom. The molecule has 0 radical (unpaired) electrons. The summed E-state index contributed by atoms with van der Waals surface area (Å²) in [5.41, 5.74) is 0.366. The van der Waals surface area contributed by atoms with Gasteiger partial charge in [0, 0.05) is 24.9 Å². The molecule has 1 aliphatic heterocycles. The molecule has 0 aromatic heterocycles. The molecule has 1 atom stereocenters. The van der Waals surface area contributed by atoms with Crippen LogP contribution in [0.3, 0.4) is 0 Å². The van der Waals surface area contributed by atoms with Crippen LogP contribution >= 0.6 is 11.8 Å². The highest BCUT2D eigenvalue weighted by Gasteiger charge is 2.27. The highest BCUT2D eigenvalue weighted by Crippen LogP contribution is 2.23. The van der Waals surface area contributed by atoms with Crippen molar-refractivity contribution in [3.63, 3.8) is 0 Å². The fourth-order valence-corrected chi connectivity index (χ4v) is 3.18. The highest BCUT2D eigenvalue weighted by atomic mass is 32.2. The fourth-order valence-electron chi connectivity index (χ4n) is 2.25. The van der Waals surface area contributed by atoms with Gasteiger partial charge in [0.1, 0.15) is 0 Å². The van der Waals surface area contributed by atoms with Crippen LogP contribution in [0.4, 0.5) is 0 Å². The van der Waals surface area contributed by atoms with E-state index in [2.05, 4.69) is 49.7 Å². The van der Waals surface area contributed by atoms with Crippen LogP contribution in [0.5, 0.6) is 0 Å². The molecule has 3 heteroatoms. The summed E-state index contributed by atoms with van der Waals surface area (Å²) in [5, 5.41) is 3.56. The second-order valence-electron chi connectivity index (χ2n) is 5.51. The van der Waals surface area contributed by atoms with E-state index in [9.17, 15) is 0 Å². The first-order chi connectivity index (χ1) is 7.56. The molecule has 1 unspecified atom stereocenters. The standard InChI is InChI=1S/C13H28N2S/c1-5-14-12(2)13(3,4)11-15-7-6-9-16-10-8-15/h12,14H,5-11H2,1-4H3. The molecule has 2 nitrogen and oxygen atoms in total. The number of thioether (sulfide) groups is 1. The summed E-state index contributed by atoms with van der Waals surface area (Å²) >= 11 is 2.11. The Labute approximate surface area is 106 Å². The minimum absolute atomic E-state index is 0.366. The summed E-state index contributed by atoms with van der Waals surface area (Å²) < 4.78 is 0. The molecule has 1 N–H and O–H groups in total. The van der Waals surface area contributed by atoms with Crippen LogP contribution in [0.25, 0.3) is 0 Å². The van der Waals surface area contributed by atoms with Gasteiger partial charge in [-0.1, -0.05) is 20.8 Å². The van der Waals surface area contributed by atoms with Crippen molar-refractivity contribution in [2.24, 2.45) is 5.41 Å². The molecule has 1 fully saturated rings. The van der Waals surface area contributed by atoms with Gasteiger partial charge in [-0.05, 0) is 37.6 Å². The quantitative estimate of drug-likeness (QED) is 0.800. The number of hydrogen-bond donors (Lipinski definition) is 1. The third-order valence-electron chi connectivity index (χ3n) is 3.63. The maximum Gasteiger partial charge on any atom is 0.0102 e. The SMILES string of the molecule is CCNC(C)C(C)(C)CN1CCCSCC1. The minimum Gasteiger partial charge on any atom is -0.314 e. The number of nitrogens with one attached hydrogen (secondary N) is 1. The van der Waals surface area contributed by atoms with Gasteiger partial charge in [-0.15, -0.1) is 0 Å². The third-order valence-corrected chi connectivity index (χ3v) is 4.68. The first-order valence-electron chi connectivity index (χ1n) is 6.59. The van der Waals surface area contributed by atoms with Gasteiger partial charge in [-0.2, -0.15) is 11.8 Å². The van der Waals surface area contributed by atoms with Crippen molar-refractivity contribution in [2.45, 2.75) is 40.2 Å².